The van der Waals surface area contributed by atoms with Crippen LogP contribution < -0.4 is 10.6 Å². The average Bonchev–Trinajstić information content (AvgIpc) is 2.50. The number of rotatable bonds is 5. The number of nitrogens with zero attached hydrogens (tertiary/aromatic N) is 1. The van der Waals surface area contributed by atoms with Gasteiger partial charge in [-0.05, 0) is 44.5 Å². The van der Waals surface area contributed by atoms with Crippen molar-refractivity contribution in [3.8, 4) is 0 Å². The van der Waals surface area contributed by atoms with Gasteiger partial charge in [0.2, 0.25) is 5.91 Å². The van der Waals surface area contributed by atoms with E-state index in [1.165, 1.54) is 0 Å². The SMILES string of the molecule is Cc1cc(C)c(NC(=O)CCNC(=O)c2ccc(F)cc2F)c(C)n1. The molecule has 0 atom stereocenters. The van der Waals surface area contributed by atoms with Gasteiger partial charge in [-0.25, -0.2) is 8.78 Å². The minimum absolute atomic E-state index is 0.0152. The number of halogens is 2. The largest absolute Gasteiger partial charge is 0.351 e. The second kappa shape index (κ2) is 7.83. The van der Waals surface area contributed by atoms with Crippen LogP contribution in [0.1, 0.15) is 33.7 Å². The fourth-order valence-electron chi connectivity index (χ4n) is 2.47. The van der Waals surface area contributed by atoms with Gasteiger partial charge < -0.3 is 10.6 Å². The van der Waals surface area contributed by atoms with Gasteiger partial charge in [-0.1, -0.05) is 0 Å². The van der Waals surface area contributed by atoms with Crippen LogP contribution in [0.25, 0.3) is 0 Å². The first-order valence-corrected chi connectivity index (χ1v) is 7.76. The number of hydrogen-bond donors (Lipinski definition) is 2. The molecule has 0 aliphatic carbocycles. The summed E-state index contributed by atoms with van der Waals surface area (Å²) >= 11 is 0. The molecule has 0 unspecified atom stereocenters. The zero-order valence-corrected chi connectivity index (χ0v) is 14.2. The van der Waals surface area contributed by atoms with Crippen LogP contribution in [0.3, 0.4) is 0 Å². The topological polar surface area (TPSA) is 71.1 Å². The smallest absolute Gasteiger partial charge is 0.254 e. The summed E-state index contributed by atoms with van der Waals surface area (Å²) in [5.74, 6) is -2.70. The van der Waals surface area contributed by atoms with E-state index < -0.39 is 17.5 Å². The van der Waals surface area contributed by atoms with E-state index in [4.69, 9.17) is 0 Å². The van der Waals surface area contributed by atoms with Crippen LogP contribution in [-0.2, 0) is 4.79 Å². The van der Waals surface area contributed by atoms with E-state index in [-0.39, 0.29) is 24.4 Å². The lowest BCUT2D eigenvalue weighted by Crippen LogP contribution is -2.28. The Morgan fingerprint density at radius 3 is 2.48 bits per heavy atom. The third kappa shape index (κ3) is 4.82. The molecule has 5 nitrogen and oxygen atoms in total. The van der Waals surface area contributed by atoms with Crippen molar-refractivity contribution in [3.05, 3.63) is 58.4 Å². The van der Waals surface area contributed by atoms with E-state index in [1.54, 1.807) is 6.92 Å². The first-order chi connectivity index (χ1) is 11.8. The maximum absolute atomic E-state index is 13.5. The van der Waals surface area contributed by atoms with Gasteiger partial charge in [0, 0.05) is 24.7 Å². The van der Waals surface area contributed by atoms with Crippen molar-refractivity contribution in [1.82, 2.24) is 10.3 Å². The standard InChI is InChI=1S/C18H19F2N3O2/c1-10-8-11(2)22-12(3)17(10)23-16(24)6-7-21-18(25)14-5-4-13(19)9-15(14)20/h4-5,8-9H,6-7H2,1-3H3,(H,21,25)(H,23,24). The number of pyridine rings is 1. The number of anilines is 1. The summed E-state index contributed by atoms with van der Waals surface area (Å²) in [5.41, 5.74) is 2.85. The predicted octanol–water partition coefficient (Wildman–Crippen LogP) is 3.04. The number of hydrogen-bond acceptors (Lipinski definition) is 3. The van der Waals surface area contributed by atoms with Crippen LogP contribution in [0.5, 0.6) is 0 Å². The molecular weight excluding hydrogens is 328 g/mol. The second-order valence-corrected chi connectivity index (χ2v) is 5.72. The third-order valence-corrected chi connectivity index (χ3v) is 3.60. The van der Waals surface area contributed by atoms with E-state index >= 15 is 0 Å². The molecule has 0 radical (unpaired) electrons. The van der Waals surface area contributed by atoms with Crippen LogP contribution in [0.15, 0.2) is 24.3 Å². The number of benzene rings is 1. The van der Waals surface area contributed by atoms with Gasteiger partial charge in [0.25, 0.3) is 5.91 Å². The lowest BCUT2D eigenvalue weighted by Gasteiger charge is -2.12. The summed E-state index contributed by atoms with van der Waals surface area (Å²) in [6.45, 7) is 5.57. The first-order valence-electron chi connectivity index (χ1n) is 7.76. The van der Waals surface area contributed by atoms with Crippen molar-refractivity contribution in [3.63, 3.8) is 0 Å². The summed E-state index contributed by atoms with van der Waals surface area (Å²) in [7, 11) is 0. The zero-order valence-electron chi connectivity index (χ0n) is 14.2. The van der Waals surface area contributed by atoms with Gasteiger partial charge in [-0.15, -0.1) is 0 Å². The van der Waals surface area contributed by atoms with Gasteiger partial charge in [0.15, 0.2) is 0 Å². The molecule has 25 heavy (non-hydrogen) atoms. The number of nitrogens with one attached hydrogen (secondary N) is 2. The highest BCUT2D eigenvalue weighted by atomic mass is 19.1. The quantitative estimate of drug-likeness (QED) is 0.873. The summed E-state index contributed by atoms with van der Waals surface area (Å²) in [5, 5.41) is 5.20. The highest BCUT2D eigenvalue weighted by Crippen LogP contribution is 2.19. The lowest BCUT2D eigenvalue weighted by atomic mass is 10.1. The van der Waals surface area contributed by atoms with Gasteiger partial charge in [0.05, 0.1) is 16.9 Å². The Labute approximate surface area is 144 Å². The first kappa shape index (κ1) is 18.5. The van der Waals surface area contributed by atoms with Crippen LogP contribution in [0.2, 0.25) is 0 Å². The molecule has 0 bridgehead atoms. The van der Waals surface area contributed by atoms with Crippen LogP contribution in [-0.4, -0.2) is 23.3 Å². The fraction of sp³-hybridized carbons (Fsp3) is 0.278. The number of aromatic nitrogens is 1. The van der Waals surface area contributed by atoms with Gasteiger partial charge in [-0.3, -0.25) is 14.6 Å². The summed E-state index contributed by atoms with van der Waals surface area (Å²) < 4.78 is 26.3. The minimum atomic E-state index is -0.945. The van der Waals surface area contributed by atoms with Crippen molar-refractivity contribution in [2.75, 3.05) is 11.9 Å². The predicted molar refractivity (Wildman–Crippen MR) is 90.4 cm³/mol. The van der Waals surface area contributed by atoms with E-state index in [0.29, 0.717) is 17.4 Å². The molecule has 1 aromatic heterocycles. The Balaban J connectivity index is 1.89. The molecule has 2 rings (SSSR count). The Bertz CT molecular complexity index is 799. The van der Waals surface area contributed by atoms with Crippen molar-refractivity contribution >= 4 is 17.5 Å². The van der Waals surface area contributed by atoms with E-state index in [2.05, 4.69) is 15.6 Å². The molecular formula is C18H19F2N3O2. The Morgan fingerprint density at radius 2 is 1.84 bits per heavy atom. The molecule has 2 amide bonds. The second-order valence-electron chi connectivity index (χ2n) is 5.72. The third-order valence-electron chi connectivity index (χ3n) is 3.60. The minimum Gasteiger partial charge on any atom is -0.351 e. The van der Waals surface area contributed by atoms with Crippen LogP contribution >= 0.6 is 0 Å². The van der Waals surface area contributed by atoms with Gasteiger partial charge >= 0.3 is 0 Å². The summed E-state index contributed by atoms with van der Waals surface area (Å²) in [4.78, 5) is 28.2. The van der Waals surface area contributed by atoms with Crippen LogP contribution in [0, 0.1) is 32.4 Å². The highest BCUT2D eigenvalue weighted by Gasteiger charge is 2.13. The van der Waals surface area contributed by atoms with Crippen molar-refractivity contribution in [1.29, 1.82) is 0 Å². The molecule has 0 fully saturated rings. The molecule has 132 valence electrons. The molecule has 1 aromatic carbocycles. The molecule has 0 aliphatic rings. The Hall–Kier alpha value is -2.83. The van der Waals surface area contributed by atoms with Crippen molar-refractivity contribution in [2.24, 2.45) is 0 Å². The van der Waals surface area contributed by atoms with Gasteiger partial charge in [-0.2, -0.15) is 0 Å². The molecule has 2 N–H and O–H groups in total. The lowest BCUT2D eigenvalue weighted by molar-refractivity contribution is -0.116. The van der Waals surface area contributed by atoms with Gasteiger partial charge in [0.1, 0.15) is 11.6 Å². The Kier molecular flexibility index (Phi) is 5.80. The van der Waals surface area contributed by atoms with Crippen molar-refractivity contribution in [2.45, 2.75) is 27.2 Å². The van der Waals surface area contributed by atoms with E-state index in [1.807, 2.05) is 19.9 Å². The molecule has 0 saturated carbocycles. The fourth-order valence-corrected chi connectivity index (χ4v) is 2.47. The van der Waals surface area contributed by atoms with E-state index in [0.717, 1.165) is 23.4 Å². The number of carbonyl (C=O) groups excluding carboxylic acids is 2. The summed E-state index contributed by atoms with van der Waals surface area (Å²) in [6.07, 6.45) is 0.0152. The maximum Gasteiger partial charge on any atom is 0.254 e. The van der Waals surface area contributed by atoms with Crippen molar-refractivity contribution < 1.29 is 18.4 Å². The monoisotopic (exact) mass is 347 g/mol. The molecule has 0 saturated heterocycles. The molecule has 2 aromatic rings. The maximum atomic E-state index is 13.5. The highest BCUT2D eigenvalue weighted by molar-refractivity contribution is 5.95. The number of aryl methyl sites for hydroxylation is 3. The van der Waals surface area contributed by atoms with Crippen LogP contribution in [0.4, 0.5) is 14.5 Å². The normalized spacial score (nSPS) is 10.4. The zero-order chi connectivity index (χ0) is 18.6. The number of amides is 2. The molecule has 0 spiro atoms. The summed E-state index contributed by atoms with van der Waals surface area (Å²) in [6, 6.07) is 4.56. The Morgan fingerprint density at radius 1 is 1.12 bits per heavy atom. The number of carbonyl (C=O) groups is 2. The molecule has 7 heteroatoms. The molecule has 0 aliphatic heterocycles. The average molecular weight is 347 g/mol. The van der Waals surface area contributed by atoms with E-state index in [9.17, 15) is 18.4 Å². The molecule has 1 heterocycles.